The lowest BCUT2D eigenvalue weighted by Crippen LogP contribution is -2.18. The molecule has 0 radical (unpaired) electrons. The lowest BCUT2D eigenvalue weighted by Gasteiger charge is -2.29. The standard InChI is InChI=1S/C8H11O4P/c1-2-7-4-3-5-8(6-7)12-13(9,10)11/h3-6H,2H2,1H3,(H2,9,10,11)/p-2. The minimum absolute atomic E-state index is 0.0766. The van der Waals surface area contributed by atoms with Crippen LogP contribution in [0.3, 0.4) is 0 Å². The fourth-order valence-corrected chi connectivity index (χ4v) is 1.32. The SMILES string of the molecule is CCc1cccc(OP(=O)([O-])[O-])c1. The van der Waals surface area contributed by atoms with E-state index in [0.717, 1.165) is 12.0 Å². The van der Waals surface area contributed by atoms with E-state index in [4.69, 9.17) is 0 Å². The average Bonchev–Trinajstić information content (AvgIpc) is 2.01. The van der Waals surface area contributed by atoms with E-state index in [1.54, 1.807) is 6.07 Å². The minimum atomic E-state index is -4.92. The number of phosphoric acid groups is 1. The Kier molecular flexibility index (Phi) is 3.09. The molecule has 72 valence electrons. The van der Waals surface area contributed by atoms with E-state index in [2.05, 4.69) is 4.52 Å². The molecule has 5 heteroatoms. The number of phosphoric ester groups is 1. The van der Waals surface area contributed by atoms with Crippen molar-refractivity contribution in [3.63, 3.8) is 0 Å². The fraction of sp³-hybridized carbons (Fsp3) is 0.250. The van der Waals surface area contributed by atoms with Crippen LogP contribution in [0.15, 0.2) is 24.3 Å². The van der Waals surface area contributed by atoms with E-state index in [9.17, 15) is 14.4 Å². The topological polar surface area (TPSA) is 72.4 Å². The van der Waals surface area contributed by atoms with Crippen molar-refractivity contribution < 1.29 is 18.9 Å². The zero-order chi connectivity index (χ0) is 9.90. The minimum Gasteiger partial charge on any atom is -0.780 e. The van der Waals surface area contributed by atoms with Gasteiger partial charge in [-0.15, -0.1) is 0 Å². The molecule has 1 rings (SSSR count). The summed E-state index contributed by atoms with van der Waals surface area (Å²) in [5.41, 5.74) is 0.922. The summed E-state index contributed by atoms with van der Waals surface area (Å²) in [6, 6.07) is 6.43. The Morgan fingerprint density at radius 1 is 1.46 bits per heavy atom. The highest BCUT2D eigenvalue weighted by molar-refractivity contribution is 7.43. The van der Waals surface area contributed by atoms with Crippen molar-refractivity contribution in [2.75, 3.05) is 0 Å². The second kappa shape index (κ2) is 3.92. The fourth-order valence-electron chi connectivity index (χ4n) is 0.951. The van der Waals surface area contributed by atoms with Gasteiger partial charge in [-0.05, 0) is 24.1 Å². The number of hydrogen-bond acceptors (Lipinski definition) is 4. The van der Waals surface area contributed by atoms with Gasteiger partial charge in [0.1, 0.15) is 13.6 Å². The Morgan fingerprint density at radius 3 is 2.69 bits per heavy atom. The predicted molar refractivity (Wildman–Crippen MR) is 44.1 cm³/mol. The molecule has 1 aromatic carbocycles. The molecule has 0 amide bonds. The summed E-state index contributed by atoms with van der Waals surface area (Å²) >= 11 is 0. The summed E-state index contributed by atoms with van der Waals surface area (Å²) in [5.74, 6) is 0.0766. The predicted octanol–water partition coefficient (Wildman–Crippen LogP) is 0.456. The van der Waals surface area contributed by atoms with Crippen molar-refractivity contribution in [3.05, 3.63) is 29.8 Å². The Balaban J connectivity index is 2.84. The van der Waals surface area contributed by atoms with Gasteiger partial charge in [0.25, 0.3) is 0 Å². The molecule has 1 aromatic rings. The number of aryl methyl sites for hydroxylation is 1. The van der Waals surface area contributed by atoms with E-state index in [-0.39, 0.29) is 5.75 Å². The first-order valence-corrected chi connectivity index (χ1v) is 5.28. The molecule has 0 unspecified atom stereocenters. The molecular weight excluding hydrogens is 191 g/mol. The molecular formula is C8H9O4P-2. The summed E-state index contributed by atoms with van der Waals surface area (Å²) in [4.78, 5) is 20.5. The molecule has 4 nitrogen and oxygen atoms in total. The number of rotatable bonds is 3. The first-order valence-electron chi connectivity index (χ1n) is 3.82. The molecule has 0 fully saturated rings. The molecule has 0 atom stereocenters. The largest absolute Gasteiger partial charge is 0.780 e. The maximum atomic E-state index is 10.3. The normalized spacial score (nSPS) is 11.3. The molecule has 0 spiro atoms. The zero-order valence-corrected chi connectivity index (χ0v) is 7.99. The summed E-state index contributed by atoms with van der Waals surface area (Å²) in [5, 5.41) is 0. The Labute approximate surface area is 76.4 Å². The van der Waals surface area contributed by atoms with Gasteiger partial charge >= 0.3 is 0 Å². The van der Waals surface area contributed by atoms with Crippen LogP contribution < -0.4 is 14.3 Å². The van der Waals surface area contributed by atoms with Gasteiger partial charge in [0.15, 0.2) is 0 Å². The third-order valence-corrected chi connectivity index (χ3v) is 1.96. The van der Waals surface area contributed by atoms with Crippen LogP contribution in [0.5, 0.6) is 5.75 Å². The lowest BCUT2D eigenvalue weighted by atomic mass is 10.2. The summed E-state index contributed by atoms with van der Waals surface area (Å²) in [6.45, 7) is 1.92. The second-order valence-electron chi connectivity index (χ2n) is 2.54. The first-order chi connectivity index (χ1) is 6.01. The van der Waals surface area contributed by atoms with Crippen LogP contribution >= 0.6 is 7.82 Å². The van der Waals surface area contributed by atoms with Crippen LogP contribution in [0.4, 0.5) is 0 Å². The van der Waals surface area contributed by atoms with Gasteiger partial charge in [-0.1, -0.05) is 19.1 Å². The highest BCUT2D eigenvalue weighted by atomic mass is 31.2. The monoisotopic (exact) mass is 200 g/mol. The Bertz CT molecular complexity index is 331. The van der Waals surface area contributed by atoms with Crippen molar-refractivity contribution in [1.82, 2.24) is 0 Å². The maximum absolute atomic E-state index is 10.3. The summed E-state index contributed by atoms with van der Waals surface area (Å²) in [6.07, 6.45) is 0.763. The third kappa shape index (κ3) is 3.59. The van der Waals surface area contributed by atoms with Gasteiger partial charge in [-0.25, -0.2) is 0 Å². The van der Waals surface area contributed by atoms with E-state index in [1.165, 1.54) is 12.1 Å². The Hall–Kier alpha value is -0.830. The van der Waals surface area contributed by atoms with Gasteiger partial charge < -0.3 is 18.9 Å². The number of benzene rings is 1. The lowest BCUT2D eigenvalue weighted by molar-refractivity contribution is -0.333. The number of hydrogen-bond donors (Lipinski definition) is 0. The average molecular weight is 200 g/mol. The second-order valence-corrected chi connectivity index (χ2v) is 3.62. The van der Waals surface area contributed by atoms with Crippen LogP contribution in [0, 0.1) is 0 Å². The van der Waals surface area contributed by atoms with Crippen molar-refractivity contribution in [2.24, 2.45) is 0 Å². The van der Waals surface area contributed by atoms with Crippen LogP contribution in [-0.4, -0.2) is 0 Å². The third-order valence-electron chi connectivity index (χ3n) is 1.52. The summed E-state index contributed by atoms with van der Waals surface area (Å²) < 4.78 is 14.4. The Morgan fingerprint density at radius 2 is 2.15 bits per heavy atom. The van der Waals surface area contributed by atoms with E-state index in [1.807, 2.05) is 13.0 Å². The van der Waals surface area contributed by atoms with Crippen molar-refractivity contribution >= 4 is 7.82 Å². The van der Waals surface area contributed by atoms with Crippen molar-refractivity contribution in [2.45, 2.75) is 13.3 Å². The quantitative estimate of drug-likeness (QED) is 0.664. The molecule has 0 saturated carbocycles. The van der Waals surface area contributed by atoms with E-state index < -0.39 is 7.82 Å². The van der Waals surface area contributed by atoms with Gasteiger partial charge in [0.05, 0.1) is 0 Å². The van der Waals surface area contributed by atoms with Gasteiger partial charge in [-0.2, -0.15) is 0 Å². The molecule has 0 saturated heterocycles. The maximum Gasteiger partial charge on any atom is 0.124 e. The van der Waals surface area contributed by atoms with Gasteiger partial charge in [0, 0.05) is 0 Å². The van der Waals surface area contributed by atoms with Crippen molar-refractivity contribution in [3.8, 4) is 5.75 Å². The molecule has 0 N–H and O–H groups in total. The smallest absolute Gasteiger partial charge is 0.124 e. The van der Waals surface area contributed by atoms with Crippen LogP contribution in [0.25, 0.3) is 0 Å². The molecule has 0 aliphatic carbocycles. The molecule has 0 aromatic heterocycles. The van der Waals surface area contributed by atoms with Crippen LogP contribution in [-0.2, 0) is 11.0 Å². The highest BCUT2D eigenvalue weighted by Gasteiger charge is 1.96. The molecule has 0 aliphatic heterocycles. The van der Waals surface area contributed by atoms with Crippen molar-refractivity contribution in [1.29, 1.82) is 0 Å². The summed E-state index contributed by atoms with van der Waals surface area (Å²) in [7, 11) is -4.92. The van der Waals surface area contributed by atoms with Crippen LogP contribution in [0.1, 0.15) is 12.5 Å². The molecule has 0 heterocycles. The molecule has 0 aliphatic rings. The first kappa shape index (κ1) is 10.3. The van der Waals surface area contributed by atoms with E-state index >= 15 is 0 Å². The van der Waals surface area contributed by atoms with Gasteiger partial charge in [-0.3, -0.25) is 0 Å². The van der Waals surface area contributed by atoms with E-state index in [0.29, 0.717) is 0 Å². The highest BCUT2D eigenvalue weighted by Crippen LogP contribution is 2.29. The van der Waals surface area contributed by atoms with Gasteiger partial charge in [0.2, 0.25) is 0 Å². The zero-order valence-electron chi connectivity index (χ0n) is 7.10. The molecule has 13 heavy (non-hydrogen) atoms. The van der Waals surface area contributed by atoms with Crippen LogP contribution in [0.2, 0.25) is 0 Å². The molecule has 0 bridgehead atoms.